The van der Waals surface area contributed by atoms with Gasteiger partial charge in [0, 0.05) is 30.8 Å². The minimum absolute atomic E-state index is 0.0875. The first kappa shape index (κ1) is 22.4. The number of rotatable bonds is 6. The van der Waals surface area contributed by atoms with Crippen LogP contribution in [0, 0.1) is 0 Å². The van der Waals surface area contributed by atoms with Crippen molar-refractivity contribution in [3.63, 3.8) is 0 Å². The molecule has 2 aromatic rings. The molecule has 0 bridgehead atoms. The van der Waals surface area contributed by atoms with Crippen molar-refractivity contribution in [3.05, 3.63) is 58.7 Å². The van der Waals surface area contributed by atoms with Crippen molar-refractivity contribution in [2.24, 2.45) is 0 Å². The number of anilines is 1. The van der Waals surface area contributed by atoms with Gasteiger partial charge in [-0.25, -0.2) is 9.78 Å². The number of pyridine rings is 1. The second-order valence-corrected chi connectivity index (χ2v) is 7.88. The number of carboxylic acid groups (broad SMARTS) is 1. The van der Waals surface area contributed by atoms with Gasteiger partial charge in [0.1, 0.15) is 17.9 Å². The van der Waals surface area contributed by atoms with Crippen LogP contribution in [0.2, 0.25) is 5.02 Å². The summed E-state index contributed by atoms with van der Waals surface area (Å²) < 4.78 is 0. The zero-order valence-electron chi connectivity index (χ0n) is 16.9. The molecule has 2 heterocycles. The topological polar surface area (TPSA) is 138 Å². The van der Waals surface area contributed by atoms with E-state index in [1.165, 1.54) is 13.1 Å². The Bertz CT molecular complexity index is 971. The molecule has 31 heavy (non-hydrogen) atoms. The molecule has 0 aliphatic carbocycles. The normalized spacial score (nSPS) is 19.0. The maximum Gasteiger partial charge on any atom is 0.408 e. The smallest absolute Gasteiger partial charge is 0.408 e. The molecule has 164 valence electrons. The van der Waals surface area contributed by atoms with Gasteiger partial charge in [-0.15, -0.1) is 0 Å². The van der Waals surface area contributed by atoms with E-state index in [4.69, 9.17) is 17.3 Å². The van der Waals surface area contributed by atoms with E-state index in [0.29, 0.717) is 17.0 Å². The van der Waals surface area contributed by atoms with Crippen LogP contribution in [-0.4, -0.2) is 51.5 Å². The molecule has 10 heteroatoms. The lowest BCUT2D eigenvalue weighted by Gasteiger charge is -2.22. The highest BCUT2D eigenvalue weighted by atomic mass is 35.5. The van der Waals surface area contributed by atoms with E-state index >= 15 is 0 Å². The molecule has 5 N–H and O–H groups in total. The summed E-state index contributed by atoms with van der Waals surface area (Å²) in [6.45, 7) is 1.85. The van der Waals surface area contributed by atoms with Gasteiger partial charge in [0.15, 0.2) is 0 Å². The number of carbonyl (C=O) groups is 3. The molecule has 1 aromatic heterocycles. The Balaban J connectivity index is 1.60. The monoisotopic (exact) mass is 445 g/mol. The third-order valence-corrected chi connectivity index (χ3v) is 5.50. The van der Waals surface area contributed by atoms with Crippen LogP contribution in [0.5, 0.6) is 0 Å². The largest absolute Gasteiger partial charge is 0.465 e. The van der Waals surface area contributed by atoms with Gasteiger partial charge >= 0.3 is 6.09 Å². The maximum absolute atomic E-state index is 12.8. The Morgan fingerprint density at radius 2 is 2.03 bits per heavy atom. The van der Waals surface area contributed by atoms with Gasteiger partial charge in [-0.2, -0.15) is 0 Å². The molecular weight excluding hydrogens is 422 g/mol. The van der Waals surface area contributed by atoms with Crippen LogP contribution in [0.25, 0.3) is 0 Å². The zero-order chi connectivity index (χ0) is 22.5. The summed E-state index contributed by atoms with van der Waals surface area (Å²) in [7, 11) is 0. The molecule has 3 rings (SSSR count). The summed E-state index contributed by atoms with van der Waals surface area (Å²) >= 11 is 5.89. The Kier molecular flexibility index (Phi) is 6.96. The summed E-state index contributed by atoms with van der Waals surface area (Å²) in [6.07, 6.45) is 0.588. The molecule has 1 fully saturated rings. The number of likely N-dealkylation sites (tertiary alicyclic amines) is 1. The van der Waals surface area contributed by atoms with Crippen molar-refractivity contribution in [1.29, 1.82) is 0 Å². The molecule has 1 aliphatic rings. The highest BCUT2D eigenvalue weighted by Gasteiger charge is 2.40. The fourth-order valence-electron chi connectivity index (χ4n) is 3.61. The molecule has 1 saturated heterocycles. The summed E-state index contributed by atoms with van der Waals surface area (Å²) in [4.78, 5) is 41.9. The van der Waals surface area contributed by atoms with Gasteiger partial charge in [-0.05, 0) is 25.0 Å². The van der Waals surface area contributed by atoms with E-state index in [2.05, 4.69) is 15.6 Å². The number of hydrogen-bond acceptors (Lipinski definition) is 5. The summed E-state index contributed by atoms with van der Waals surface area (Å²) in [5.41, 5.74) is 7.30. The second-order valence-electron chi connectivity index (χ2n) is 7.44. The first-order valence-electron chi connectivity index (χ1n) is 9.78. The Labute approximate surface area is 184 Å². The van der Waals surface area contributed by atoms with Crippen LogP contribution in [-0.2, 0) is 16.1 Å². The van der Waals surface area contributed by atoms with Gasteiger partial charge in [-0.1, -0.05) is 41.9 Å². The average Bonchev–Trinajstić information content (AvgIpc) is 3.21. The molecule has 1 aromatic carbocycles. The van der Waals surface area contributed by atoms with Crippen molar-refractivity contribution in [2.45, 2.75) is 37.9 Å². The molecule has 1 aliphatic heterocycles. The van der Waals surface area contributed by atoms with Gasteiger partial charge < -0.3 is 21.5 Å². The van der Waals surface area contributed by atoms with E-state index in [1.54, 1.807) is 6.07 Å². The van der Waals surface area contributed by atoms with Crippen molar-refractivity contribution in [1.82, 2.24) is 20.5 Å². The fraction of sp³-hybridized carbons (Fsp3) is 0.333. The van der Waals surface area contributed by atoms with Gasteiger partial charge in [0.2, 0.25) is 11.8 Å². The number of nitrogen functional groups attached to an aromatic ring is 1. The third kappa shape index (κ3) is 5.43. The number of nitrogens with zero attached hydrogens (tertiary/aromatic N) is 2. The molecule has 3 amide bonds. The minimum Gasteiger partial charge on any atom is -0.465 e. The molecule has 0 spiro atoms. The van der Waals surface area contributed by atoms with Gasteiger partial charge in [0.05, 0.1) is 5.02 Å². The number of halogens is 1. The summed E-state index contributed by atoms with van der Waals surface area (Å²) in [5, 5.41) is 15.2. The molecule has 9 nitrogen and oxygen atoms in total. The quantitative estimate of drug-likeness (QED) is 0.536. The number of carbonyl (C=O) groups excluding carboxylic acids is 2. The van der Waals surface area contributed by atoms with E-state index in [-0.39, 0.29) is 24.8 Å². The number of hydrogen-bond donors (Lipinski definition) is 4. The maximum atomic E-state index is 12.8. The number of nitrogens with two attached hydrogens (primary N) is 1. The van der Waals surface area contributed by atoms with E-state index < -0.39 is 30.0 Å². The van der Waals surface area contributed by atoms with Crippen molar-refractivity contribution in [3.8, 4) is 0 Å². The molecular formula is C21H24ClN5O4. The lowest BCUT2D eigenvalue weighted by Crippen LogP contribution is -2.51. The Morgan fingerprint density at radius 1 is 1.32 bits per heavy atom. The lowest BCUT2D eigenvalue weighted by atomic mass is 9.96. The van der Waals surface area contributed by atoms with Crippen molar-refractivity contribution in [2.75, 3.05) is 12.3 Å². The van der Waals surface area contributed by atoms with Crippen LogP contribution in [0.4, 0.5) is 10.6 Å². The van der Waals surface area contributed by atoms with E-state index in [0.717, 1.165) is 10.5 Å². The molecule has 3 atom stereocenters. The first-order chi connectivity index (χ1) is 14.8. The number of aromatic nitrogens is 1. The van der Waals surface area contributed by atoms with Crippen LogP contribution >= 0.6 is 11.6 Å². The van der Waals surface area contributed by atoms with Crippen molar-refractivity contribution >= 4 is 35.3 Å². The Hall–Kier alpha value is -3.33. The average molecular weight is 446 g/mol. The summed E-state index contributed by atoms with van der Waals surface area (Å²) in [6, 6.07) is 9.32. The van der Waals surface area contributed by atoms with Crippen LogP contribution in [0.1, 0.15) is 30.4 Å². The third-order valence-electron chi connectivity index (χ3n) is 5.29. The number of benzene rings is 1. The molecule has 0 saturated carbocycles. The van der Waals surface area contributed by atoms with E-state index in [1.807, 2.05) is 30.3 Å². The minimum atomic E-state index is -1.17. The highest BCUT2D eigenvalue weighted by molar-refractivity contribution is 6.30. The predicted molar refractivity (Wildman–Crippen MR) is 115 cm³/mol. The second kappa shape index (κ2) is 9.65. The molecule has 0 radical (unpaired) electrons. The van der Waals surface area contributed by atoms with E-state index in [9.17, 15) is 19.5 Å². The number of nitrogens with one attached hydrogen (secondary N) is 2. The fourth-order valence-corrected chi connectivity index (χ4v) is 3.79. The predicted octanol–water partition coefficient (Wildman–Crippen LogP) is 1.97. The van der Waals surface area contributed by atoms with Crippen LogP contribution < -0.4 is 16.4 Å². The lowest BCUT2D eigenvalue weighted by molar-refractivity contribution is -0.130. The van der Waals surface area contributed by atoms with Gasteiger partial charge in [0.25, 0.3) is 0 Å². The standard InChI is InChI=1S/C21H24ClN5O4/c1-12(19(28)25-9-14-7-16(22)10-24-18(14)23)26-20(29)17-8-15(11-27(17)21(30)31)13-5-3-2-4-6-13/h2-7,10,12,15,17H,8-9,11H2,1H3,(H2,23,24)(H,25,28)(H,26,29)(H,30,31). The highest BCUT2D eigenvalue weighted by Crippen LogP contribution is 2.31. The Morgan fingerprint density at radius 3 is 2.71 bits per heavy atom. The molecule has 3 unspecified atom stereocenters. The SMILES string of the molecule is CC(NC(=O)C1CC(c2ccccc2)CN1C(=O)O)C(=O)NCc1cc(Cl)cnc1N. The van der Waals surface area contributed by atoms with Crippen LogP contribution in [0.15, 0.2) is 42.6 Å². The number of amides is 3. The van der Waals surface area contributed by atoms with Crippen molar-refractivity contribution < 1.29 is 19.5 Å². The van der Waals surface area contributed by atoms with Gasteiger partial charge in [-0.3, -0.25) is 14.5 Å². The van der Waals surface area contributed by atoms with Crippen LogP contribution in [0.3, 0.4) is 0 Å². The summed E-state index contributed by atoms with van der Waals surface area (Å²) in [5.74, 6) is -0.786. The zero-order valence-corrected chi connectivity index (χ0v) is 17.7. The first-order valence-corrected chi connectivity index (χ1v) is 10.2.